The number of hydrogen-bond donors (Lipinski definition) is 3. The van der Waals surface area contributed by atoms with Crippen LogP contribution in [0.1, 0.15) is 22.3 Å². The topological polar surface area (TPSA) is 123 Å². The SMILES string of the molecule is Cc1cc(/C=C/C#N)cc(C)c1Nc1nc(Nc2ccc(C#N)cc2)ncc1N. The summed E-state index contributed by atoms with van der Waals surface area (Å²) in [6.45, 7) is 3.96. The number of hydrogen-bond acceptors (Lipinski definition) is 7. The third kappa shape index (κ3) is 4.68. The molecule has 0 aliphatic rings. The first kappa shape index (κ1) is 19.4. The van der Waals surface area contributed by atoms with Gasteiger partial charge in [-0.25, -0.2) is 4.98 Å². The van der Waals surface area contributed by atoms with E-state index in [0.29, 0.717) is 23.0 Å². The van der Waals surface area contributed by atoms with E-state index in [1.165, 1.54) is 12.3 Å². The lowest BCUT2D eigenvalue weighted by Gasteiger charge is -2.15. The zero-order valence-corrected chi connectivity index (χ0v) is 16.1. The van der Waals surface area contributed by atoms with Crippen molar-refractivity contribution in [3.63, 3.8) is 0 Å². The van der Waals surface area contributed by atoms with Crippen LogP contribution in [0.4, 0.5) is 28.8 Å². The number of aromatic nitrogens is 2. The average molecular weight is 381 g/mol. The third-order valence-corrected chi connectivity index (χ3v) is 4.24. The van der Waals surface area contributed by atoms with Gasteiger partial charge in [-0.15, -0.1) is 0 Å². The molecule has 0 saturated carbocycles. The lowest BCUT2D eigenvalue weighted by molar-refractivity contribution is 1.16. The van der Waals surface area contributed by atoms with E-state index >= 15 is 0 Å². The zero-order chi connectivity index (χ0) is 20.8. The van der Waals surface area contributed by atoms with Gasteiger partial charge in [-0.05, 0) is 73.0 Å². The Bertz CT molecular complexity index is 1130. The van der Waals surface area contributed by atoms with Gasteiger partial charge in [0.05, 0.1) is 29.6 Å². The first-order valence-corrected chi connectivity index (χ1v) is 8.84. The molecule has 1 heterocycles. The smallest absolute Gasteiger partial charge is 0.229 e. The highest BCUT2D eigenvalue weighted by molar-refractivity contribution is 5.74. The van der Waals surface area contributed by atoms with Crippen molar-refractivity contribution < 1.29 is 0 Å². The number of aryl methyl sites for hydroxylation is 2. The summed E-state index contributed by atoms with van der Waals surface area (Å²) in [6, 6.07) is 15.0. The van der Waals surface area contributed by atoms with Crippen LogP contribution in [0.3, 0.4) is 0 Å². The van der Waals surface area contributed by atoms with Gasteiger partial charge in [0.25, 0.3) is 0 Å². The maximum atomic E-state index is 8.89. The third-order valence-electron chi connectivity index (χ3n) is 4.24. The molecule has 1 aromatic heterocycles. The number of benzene rings is 2. The van der Waals surface area contributed by atoms with Gasteiger partial charge in [0, 0.05) is 17.5 Å². The van der Waals surface area contributed by atoms with Crippen LogP contribution < -0.4 is 16.4 Å². The predicted molar refractivity (Wildman–Crippen MR) is 115 cm³/mol. The Kier molecular flexibility index (Phi) is 5.72. The second-order valence-electron chi connectivity index (χ2n) is 6.43. The number of allylic oxidation sites excluding steroid dienone is 1. The molecule has 142 valence electrons. The lowest BCUT2D eigenvalue weighted by atomic mass is 10.0. The molecule has 0 saturated heterocycles. The van der Waals surface area contributed by atoms with Gasteiger partial charge in [0.2, 0.25) is 5.95 Å². The highest BCUT2D eigenvalue weighted by Crippen LogP contribution is 2.29. The van der Waals surface area contributed by atoms with Gasteiger partial charge in [0.1, 0.15) is 0 Å². The van der Waals surface area contributed by atoms with Crippen LogP contribution in [0, 0.1) is 36.5 Å². The zero-order valence-electron chi connectivity index (χ0n) is 16.1. The minimum Gasteiger partial charge on any atom is -0.394 e. The Labute approximate surface area is 169 Å². The molecule has 0 amide bonds. The van der Waals surface area contributed by atoms with E-state index in [4.69, 9.17) is 16.3 Å². The Morgan fingerprint density at radius 3 is 2.34 bits per heavy atom. The molecule has 4 N–H and O–H groups in total. The van der Waals surface area contributed by atoms with Crippen LogP contribution in [0.15, 0.2) is 48.7 Å². The van der Waals surface area contributed by atoms with Crippen LogP contribution in [0.5, 0.6) is 0 Å². The number of nitrogen functional groups attached to an aromatic ring is 1. The van der Waals surface area contributed by atoms with Crippen LogP contribution in [-0.4, -0.2) is 9.97 Å². The summed E-state index contributed by atoms with van der Waals surface area (Å²) >= 11 is 0. The highest BCUT2D eigenvalue weighted by atomic mass is 15.2. The first-order valence-electron chi connectivity index (χ1n) is 8.84. The van der Waals surface area contributed by atoms with Crippen molar-refractivity contribution in [2.75, 3.05) is 16.4 Å². The first-order chi connectivity index (χ1) is 14.0. The quantitative estimate of drug-likeness (QED) is 0.553. The fourth-order valence-electron chi connectivity index (χ4n) is 2.85. The molecule has 0 bridgehead atoms. The van der Waals surface area contributed by atoms with Gasteiger partial charge in [-0.1, -0.05) is 0 Å². The Hall–Kier alpha value is -4.36. The minimum atomic E-state index is 0.385. The van der Waals surface area contributed by atoms with Crippen LogP contribution >= 0.6 is 0 Å². The van der Waals surface area contributed by atoms with Crippen LogP contribution in [-0.2, 0) is 0 Å². The maximum absolute atomic E-state index is 8.89. The number of nitrogens with one attached hydrogen (secondary N) is 2. The summed E-state index contributed by atoms with van der Waals surface area (Å²) in [6.07, 6.45) is 4.75. The number of nitriles is 2. The average Bonchev–Trinajstić information content (AvgIpc) is 2.72. The summed E-state index contributed by atoms with van der Waals surface area (Å²) in [5.41, 5.74) is 11.7. The normalized spacial score (nSPS) is 10.3. The monoisotopic (exact) mass is 381 g/mol. The van der Waals surface area contributed by atoms with E-state index < -0.39 is 0 Å². The van der Waals surface area contributed by atoms with E-state index in [9.17, 15) is 0 Å². The van der Waals surface area contributed by atoms with E-state index in [0.717, 1.165) is 28.1 Å². The molecule has 0 fully saturated rings. The summed E-state index contributed by atoms with van der Waals surface area (Å²) in [5, 5.41) is 24.0. The standard InChI is InChI=1S/C22H19N7/c1-14-10-17(4-3-9-23)11-15(2)20(14)28-21-19(25)13-26-22(29-21)27-18-7-5-16(12-24)6-8-18/h3-8,10-11,13H,25H2,1-2H3,(H2,26,27,28,29)/b4-3+. The van der Waals surface area contributed by atoms with Gasteiger partial charge in [0.15, 0.2) is 5.82 Å². The summed E-state index contributed by atoms with van der Waals surface area (Å²) < 4.78 is 0. The molecule has 0 unspecified atom stereocenters. The van der Waals surface area contributed by atoms with Crippen LogP contribution in [0.2, 0.25) is 0 Å². The van der Waals surface area contributed by atoms with Crippen molar-refractivity contribution in [1.29, 1.82) is 10.5 Å². The predicted octanol–water partition coefficient (Wildman–Crippen LogP) is 4.57. The second kappa shape index (κ2) is 8.55. The largest absolute Gasteiger partial charge is 0.394 e. The number of nitrogens with zero attached hydrogens (tertiary/aromatic N) is 4. The Balaban J connectivity index is 1.86. The highest BCUT2D eigenvalue weighted by Gasteiger charge is 2.10. The second-order valence-corrected chi connectivity index (χ2v) is 6.43. The van der Waals surface area contributed by atoms with E-state index in [1.54, 1.807) is 30.3 Å². The van der Waals surface area contributed by atoms with Gasteiger partial charge in [-0.2, -0.15) is 15.5 Å². The maximum Gasteiger partial charge on any atom is 0.229 e. The molecule has 7 nitrogen and oxygen atoms in total. The van der Waals surface area contributed by atoms with Crippen molar-refractivity contribution in [1.82, 2.24) is 9.97 Å². The molecular formula is C22H19N7. The number of nitrogens with two attached hydrogens (primary N) is 1. The molecule has 7 heteroatoms. The van der Waals surface area contributed by atoms with Crippen molar-refractivity contribution >= 4 is 34.9 Å². The molecule has 3 aromatic rings. The molecule has 0 aliphatic heterocycles. The summed E-state index contributed by atoms with van der Waals surface area (Å²) in [7, 11) is 0. The Morgan fingerprint density at radius 2 is 1.72 bits per heavy atom. The van der Waals surface area contributed by atoms with Crippen molar-refractivity contribution in [3.8, 4) is 12.1 Å². The number of rotatable bonds is 5. The lowest BCUT2D eigenvalue weighted by Crippen LogP contribution is -2.06. The molecule has 0 atom stereocenters. The summed E-state index contributed by atoms with van der Waals surface area (Å²) in [4.78, 5) is 8.70. The fraction of sp³-hybridized carbons (Fsp3) is 0.0909. The van der Waals surface area contributed by atoms with E-state index in [1.807, 2.05) is 32.0 Å². The molecule has 2 aromatic carbocycles. The van der Waals surface area contributed by atoms with E-state index in [-0.39, 0.29) is 0 Å². The molecule has 29 heavy (non-hydrogen) atoms. The molecule has 0 spiro atoms. The van der Waals surface area contributed by atoms with Gasteiger partial charge < -0.3 is 16.4 Å². The van der Waals surface area contributed by atoms with Gasteiger partial charge >= 0.3 is 0 Å². The van der Waals surface area contributed by atoms with Crippen molar-refractivity contribution in [2.24, 2.45) is 0 Å². The van der Waals surface area contributed by atoms with Gasteiger partial charge in [-0.3, -0.25) is 0 Å². The molecule has 0 aliphatic carbocycles. The number of anilines is 5. The van der Waals surface area contributed by atoms with Crippen molar-refractivity contribution in [2.45, 2.75) is 13.8 Å². The van der Waals surface area contributed by atoms with E-state index in [2.05, 4.69) is 26.7 Å². The fourth-order valence-corrected chi connectivity index (χ4v) is 2.85. The summed E-state index contributed by atoms with van der Waals surface area (Å²) in [5.74, 6) is 0.873. The minimum absolute atomic E-state index is 0.385. The molecule has 3 rings (SSSR count). The molecular weight excluding hydrogens is 362 g/mol. The molecule has 0 radical (unpaired) electrons. The Morgan fingerprint density at radius 1 is 1.03 bits per heavy atom. The van der Waals surface area contributed by atoms with Crippen LogP contribution in [0.25, 0.3) is 6.08 Å². The van der Waals surface area contributed by atoms with Crippen molar-refractivity contribution in [3.05, 3.63) is 70.9 Å².